The van der Waals surface area contributed by atoms with Crippen LogP contribution >= 0.6 is 11.8 Å². The third kappa shape index (κ3) is 3.29. The minimum Gasteiger partial charge on any atom is -0.465 e. The van der Waals surface area contributed by atoms with Gasteiger partial charge in [-0.3, -0.25) is 4.79 Å². The number of methoxy groups -OCH3 is 1. The van der Waals surface area contributed by atoms with E-state index in [1.165, 1.54) is 18.9 Å². The number of ether oxygens (including phenoxy) is 1. The van der Waals surface area contributed by atoms with Crippen LogP contribution in [0, 0.1) is 13.8 Å². The molecule has 0 fully saturated rings. The molecule has 0 spiro atoms. The maximum Gasteiger partial charge on any atom is 0.339 e. The standard InChI is InChI=1S/C14H19N5O3S/c1-6-19-14(16-17-18-19)23-9(4)12(20)11-7(2)10(8(3)15-11)13(21)22-5/h9,15H,6H2,1-5H3/t9-/m0/s1. The highest BCUT2D eigenvalue weighted by Crippen LogP contribution is 2.26. The highest BCUT2D eigenvalue weighted by atomic mass is 32.2. The maximum atomic E-state index is 12.7. The number of esters is 1. The minimum absolute atomic E-state index is 0.114. The van der Waals surface area contributed by atoms with Crippen LogP contribution in [0.25, 0.3) is 0 Å². The van der Waals surface area contributed by atoms with E-state index in [4.69, 9.17) is 4.74 Å². The number of aryl methyl sites for hydroxylation is 2. The molecule has 0 saturated carbocycles. The number of carbonyl (C=O) groups is 2. The van der Waals surface area contributed by atoms with Crippen molar-refractivity contribution in [3.8, 4) is 0 Å². The van der Waals surface area contributed by atoms with E-state index in [1.54, 1.807) is 25.5 Å². The zero-order chi connectivity index (χ0) is 17.1. The van der Waals surface area contributed by atoms with Crippen molar-refractivity contribution in [2.24, 2.45) is 0 Å². The summed E-state index contributed by atoms with van der Waals surface area (Å²) in [6, 6.07) is 0. The van der Waals surface area contributed by atoms with Gasteiger partial charge >= 0.3 is 5.97 Å². The monoisotopic (exact) mass is 337 g/mol. The van der Waals surface area contributed by atoms with Gasteiger partial charge in [-0.15, -0.1) is 5.10 Å². The zero-order valence-electron chi connectivity index (χ0n) is 13.7. The van der Waals surface area contributed by atoms with E-state index >= 15 is 0 Å². The van der Waals surface area contributed by atoms with Gasteiger partial charge in [-0.25, -0.2) is 9.48 Å². The van der Waals surface area contributed by atoms with Crippen LogP contribution in [0.4, 0.5) is 0 Å². The number of carbonyl (C=O) groups excluding carboxylic acids is 2. The summed E-state index contributed by atoms with van der Waals surface area (Å²) in [7, 11) is 1.32. The van der Waals surface area contributed by atoms with Gasteiger partial charge in [0.2, 0.25) is 5.16 Å². The molecule has 8 nitrogen and oxygen atoms in total. The second-order valence-electron chi connectivity index (χ2n) is 5.02. The molecule has 0 unspecified atom stereocenters. The third-order valence-corrected chi connectivity index (χ3v) is 4.59. The van der Waals surface area contributed by atoms with Crippen LogP contribution in [0.3, 0.4) is 0 Å². The summed E-state index contributed by atoms with van der Waals surface area (Å²) in [6.07, 6.45) is 0. The summed E-state index contributed by atoms with van der Waals surface area (Å²) in [5, 5.41) is 11.6. The van der Waals surface area contributed by atoms with Crippen molar-refractivity contribution in [1.29, 1.82) is 0 Å². The SMILES string of the molecule is CCn1nnnc1S[C@@H](C)C(=O)c1[nH]c(C)c(C(=O)OC)c1C. The van der Waals surface area contributed by atoms with Crippen molar-refractivity contribution < 1.29 is 14.3 Å². The largest absolute Gasteiger partial charge is 0.465 e. The van der Waals surface area contributed by atoms with Gasteiger partial charge in [-0.2, -0.15) is 0 Å². The number of aromatic nitrogens is 5. The number of nitrogens with one attached hydrogen (secondary N) is 1. The second-order valence-corrected chi connectivity index (χ2v) is 6.33. The van der Waals surface area contributed by atoms with E-state index in [1.807, 2.05) is 6.92 Å². The number of rotatable bonds is 6. The Kier molecular flexibility index (Phi) is 5.19. The predicted octanol–water partition coefficient (Wildman–Crippen LogP) is 1.79. The van der Waals surface area contributed by atoms with Gasteiger partial charge in [0, 0.05) is 12.2 Å². The Morgan fingerprint density at radius 1 is 1.39 bits per heavy atom. The molecule has 0 aliphatic rings. The Morgan fingerprint density at radius 2 is 2.09 bits per heavy atom. The molecule has 0 aliphatic carbocycles. The van der Waals surface area contributed by atoms with Gasteiger partial charge in [-0.05, 0) is 43.7 Å². The van der Waals surface area contributed by atoms with Crippen LogP contribution in [0.1, 0.15) is 46.0 Å². The van der Waals surface area contributed by atoms with E-state index in [0.29, 0.717) is 34.2 Å². The van der Waals surface area contributed by atoms with Crippen molar-refractivity contribution in [1.82, 2.24) is 25.2 Å². The molecule has 23 heavy (non-hydrogen) atoms. The van der Waals surface area contributed by atoms with E-state index in [-0.39, 0.29) is 5.78 Å². The van der Waals surface area contributed by atoms with Crippen molar-refractivity contribution in [3.63, 3.8) is 0 Å². The van der Waals surface area contributed by atoms with Crippen LogP contribution in [0.15, 0.2) is 5.16 Å². The van der Waals surface area contributed by atoms with E-state index in [2.05, 4.69) is 20.5 Å². The first-order chi connectivity index (χ1) is 10.9. The van der Waals surface area contributed by atoms with Crippen molar-refractivity contribution >= 4 is 23.5 Å². The lowest BCUT2D eigenvalue weighted by atomic mass is 10.1. The first-order valence-electron chi connectivity index (χ1n) is 7.15. The fourth-order valence-electron chi connectivity index (χ4n) is 2.30. The lowest BCUT2D eigenvalue weighted by Crippen LogP contribution is -2.16. The summed E-state index contributed by atoms with van der Waals surface area (Å²) in [4.78, 5) is 27.5. The molecule has 2 aromatic heterocycles. The predicted molar refractivity (Wildman–Crippen MR) is 84.7 cm³/mol. The van der Waals surface area contributed by atoms with Crippen molar-refractivity contribution in [2.45, 2.75) is 44.6 Å². The summed E-state index contributed by atoms with van der Waals surface area (Å²) in [6.45, 7) is 7.81. The molecule has 0 radical (unpaired) electrons. The minimum atomic E-state index is -0.453. The molecule has 0 saturated heterocycles. The number of ketones is 1. The second kappa shape index (κ2) is 6.95. The van der Waals surface area contributed by atoms with Crippen LogP contribution in [-0.4, -0.2) is 49.3 Å². The Hall–Kier alpha value is -2.16. The lowest BCUT2D eigenvalue weighted by molar-refractivity contribution is 0.0599. The maximum absolute atomic E-state index is 12.7. The lowest BCUT2D eigenvalue weighted by Gasteiger charge is -2.09. The molecule has 9 heteroatoms. The van der Waals surface area contributed by atoms with Gasteiger partial charge in [0.05, 0.1) is 23.6 Å². The Labute approximate surface area is 138 Å². The number of thioether (sulfide) groups is 1. The number of H-pyrrole nitrogens is 1. The van der Waals surface area contributed by atoms with E-state index in [0.717, 1.165) is 0 Å². The van der Waals surface area contributed by atoms with Crippen LogP contribution in [0.2, 0.25) is 0 Å². The van der Waals surface area contributed by atoms with Crippen molar-refractivity contribution in [2.75, 3.05) is 7.11 Å². The Bertz CT molecular complexity index is 737. The highest BCUT2D eigenvalue weighted by molar-refractivity contribution is 8.00. The molecule has 1 atom stereocenters. The van der Waals surface area contributed by atoms with Gasteiger partial charge in [0.15, 0.2) is 5.78 Å². The summed E-state index contributed by atoms with van der Waals surface area (Å²) in [5.41, 5.74) is 2.04. The van der Waals surface area contributed by atoms with Crippen LogP contribution in [0.5, 0.6) is 0 Å². The molecule has 1 N–H and O–H groups in total. The summed E-state index contributed by atoms with van der Waals surface area (Å²) >= 11 is 1.28. The van der Waals surface area contributed by atoms with Crippen LogP contribution in [-0.2, 0) is 11.3 Å². The van der Waals surface area contributed by atoms with Gasteiger partial charge in [0.25, 0.3) is 0 Å². The zero-order valence-corrected chi connectivity index (χ0v) is 14.5. The van der Waals surface area contributed by atoms with Gasteiger partial charge in [-0.1, -0.05) is 11.8 Å². The topological polar surface area (TPSA) is 103 Å². The van der Waals surface area contributed by atoms with E-state index < -0.39 is 11.2 Å². The smallest absolute Gasteiger partial charge is 0.339 e. The fraction of sp³-hybridized carbons (Fsp3) is 0.500. The molecule has 0 aliphatic heterocycles. The average molecular weight is 337 g/mol. The highest BCUT2D eigenvalue weighted by Gasteiger charge is 2.26. The first-order valence-corrected chi connectivity index (χ1v) is 8.03. The summed E-state index contributed by atoms with van der Waals surface area (Å²) < 4.78 is 6.39. The fourth-order valence-corrected chi connectivity index (χ4v) is 3.21. The number of aromatic amines is 1. The normalized spacial score (nSPS) is 12.2. The number of nitrogens with zero attached hydrogens (tertiary/aromatic N) is 4. The van der Waals surface area contributed by atoms with E-state index in [9.17, 15) is 9.59 Å². The molecule has 0 bridgehead atoms. The molecule has 2 heterocycles. The number of hydrogen-bond acceptors (Lipinski definition) is 7. The van der Waals surface area contributed by atoms with Gasteiger partial charge < -0.3 is 9.72 Å². The quantitative estimate of drug-likeness (QED) is 0.487. The number of Topliss-reactive ketones (excluding diaryl/α,β-unsaturated/α-hetero) is 1. The summed E-state index contributed by atoms with van der Waals surface area (Å²) in [5.74, 6) is -0.568. The molecule has 2 aromatic rings. The Morgan fingerprint density at radius 3 is 2.70 bits per heavy atom. The van der Waals surface area contributed by atoms with Gasteiger partial charge in [0.1, 0.15) is 0 Å². The third-order valence-electron chi connectivity index (χ3n) is 3.52. The molecule has 124 valence electrons. The molecular formula is C14H19N5O3S. The first kappa shape index (κ1) is 17.2. The molecular weight excluding hydrogens is 318 g/mol. The van der Waals surface area contributed by atoms with Crippen molar-refractivity contribution in [3.05, 3.63) is 22.5 Å². The number of hydrogen-bond donors (Lipinski definition) is 1. The molecule has 0 aromatic carbocycles. The Balaban J connectivity index is 2.25. The van der Waals surface area contributed by atoms with Crippen LogP contribution < -0.4 is 0 Å². The molecule has 0 amide bonds. The molecule has 2 rings (SSSR count). The average Bonchev–Trinajstić information content (AvgIpc) is 3.09. The number of tetrazole rings is 1.